The molecule has 1 amide bonds. The summed E-state index contributed by atoms with van der Waals surface area (Å²) in [5, 5.41) is 1.53. The van der Waals surface area contributed by atoms with E-state index < -0.39 is 21.0 Å². The lowest BCUT2D eigenvalue weighted by atomic mass is 10.4. The maximum Gasteiger partial charge on any atom is 0.238 e. The molecule has 0 aliphatic carbocycles. The molecule has 5 nitrogen and oxygen atoms in total. The Kier molecular flexibility index (Phi) is 7.70. The van der Waals surface area contributed by atoms with E-state index >= 15 is 0 Å². The van der Waals surface area contributed by atoms with Crippen molar-refractivity contribution in [1.82, 2.24) is 5.32 Å². The number of alkyl halides is 1. The molecule has 0 aliphatic rings. The second-order valence-corrected chi connectivity index (χ2v) is 6.16. The predicted molar refractivity (Wildman–Crippen MR) is 63.5 cm³/mol. The number of rotatable bonds is 8. The Morgan fingerprint density at radius 3 is 2.56 bits per heavy atom. The maximum atomic E-state index is 11.3. The number of amides is 1. The Labute approximate surface area is 101 Å². The average molecular weight is 272 g/mol. The van der Waals surface area contributed by atoms with Gasteiger partial charge < -0.3 is 10.1 Å². The van der Waals surface area contributed by atoms with Crippen LogP contribution in [0.2, 0.25) is 0 Å². The quantitative estimate of drug-likeness (QED) is 0.505. The van der Waals surface area contributed by atoms with E-state index in [9.17, 15) is 13.2 Å². The summed E-state index contributed by atoms with van der Waals surface area (Å²) in [7, 11) is -3.31. The minimum Gasteiger partial charge on any atom is -0.380 e. The second kappa shape index (κ2) is 7.86. The van der Waals surface area contributed by atoms with Gasteiger partial charge in [-0.1, -0.05) is 0 Å². The van der Waals surface area contributed by atoms with Gasteiger partial charge in [0.1, 0.15) is 5.25 Å². The van der Waals surface area contributed by atoms with Gasteiger partial charge in [-0.3, -0.25) is 4.79 Å². The third kappa shape index (κ3) is 7.03. The van der Waals surface area contributed by atoms with E-state index in [0.29, 0.717) is 32.1 Å². The third-order valence-corrected chi connectivity index (χ3v) is 3.65. The zero-order valence-electron chi connectivity index (χ0n) is 9.53. The van der Waals surface area contributed by atoms with Crippen LogP contribution in [0, 0.1) is 0 Å². The number of ether oxygens (including phenoxy) is 1. The van der Waals surface area contributed by atoms with Gasteiger partial charge in [-0.15, -0.1) is 11.6 Å². The monoisotopic (exact) mass is 271 g/mol. The van der Waals surface area contributed by atoms with Gasteiger partial charge in [-0.05, 0) is 13.3 Å². The first kappa shape index (κ1) is 15.7. The molecule has 1 N–H and O–H groups in total. The molecular weight excluding hydrogens is 254 g/mol. The molecule has 0 aliphatic heterocycles. The SMILES string of the molecule is CC(C(=O)NCCCOCCCl)S(C)(=O)=O. The van der Waals surface area contributed by atoms with Crippen LogP contribution in [0.1, 0.15) is 13.3 Å². The van der Waals surface area contributed by atoms with Crippen LogP contribution in [0.4, 0.5) is 0 Å². The molecule has 1 atom stereocenters. The van der Waals surface area contributed by atoms with Gasteiger partial charge in [0.05, 0.1) is 6.61 Å². The highest BCUT2D eigenvalue weighted by molar-refractivity contribution is 7.92. The number of halogens is 1. The summed E-state index contributed by atoms with van der Waals surface area (Å²) in [6.07, 6.45) is 1.68. The standard InChI is InChI=1S/C9H18ClNO4S/c1-8(16(2,13)14)9(12)11-5-3-6-15-7-4-10/h8H,3-7H2,1-2H3,(H,11,12). The normalized spacial score (nSPS) is 13.4. The van der Waals surface area contributed by atoms with Crippen molar-refractivity contribution in [3.63, 3.8) is 0 Å². The van der Waals surface area contributed by atoms with E-state index in [1.807, 2.05) is 0 Å². The van der Waals surface area contributed by atoms with E-state index in [2.05, 4.69) is 5.32 Å². The molecular formula is C9H18ClNO4S. The van der Waals surface area contributed by atoms with Gasteiger partial charge >= 0.3 is 0 Å². The Balaban J connectivity index is 3.67. The number of hydrogen-bond donors (Lipinski definition) is 1. The Morgan fingerprint density at radius 1 is 1.44 bits per heavy atom. The Bertz CT molecular complexity index is 305. The van der Waals surface area contributed by atoms with Gasteiger partial charge in [-0.2, -0.15) is 0 Å². The molecule has 0 radical (unpaired) electrons. The highest BCUT2D eigenvalue weighted by Crippen LogP contribution is 1.97. The zero-order chi connectivity index (χ0) is 12.6. The summed E-state index contributed by atoms with van der Waals surface area (Å²) in [6.45, 7) is 2.76. The summed E-state index contributed by atoms with van der Waals surface area (Å²) in [5.41, 5.74) is 0. The number of hydrogen-bond acceptors (Lipinski definition) is 4. The molecule has 16 heavy (non-hydrogen) atoms. The molecule has 0 heterocycles. The van der Waals surface area contributed by atoms with Gasteiger partial charge in [0.25, 0.3) is 0 Å². The van der Waals surface area contributed by atoms with Gasteiger partial charge in [0.15, 0.2) is 9.84 Å². The zero-order valence-corrected chi connectivity index (χ0v) is 11.1. The largest absolute Gasteiger partial charge is 0.380 e. The molecule has 0 rings (SSSR count). The highest BCUT2D eigenvalue weighted by atomic mass is 35.5. The molecule has 96 valence electrons. The fourth-order valence-corrected chi connectivity index (χ4v) is 1.46. The summed E-state index contributed by atoms with van der Waals surface area (Å²) in [6, 6.07) is 0. The average Bonchev–Trinajstić information content (AvgIpc) is 2.20. The van der Waals surface area contributed by atoms with Crippen molar-refractivity contribution in [2.75, 3.05) is 31.9 Å². The molecule has 0 aromatic heterocycles. The van der Waals surface area contributed by atoms with E-state index in [0.717, 1.165) is 6.26 Å². The Hall–Kier alpha value is -0.330. The van der Waals surface area contributed by atoms with Gasteiger partial charge in [-0.25, -0.2) is 8.42 Å². The van der Waals surface area contributed by atoms with E-state index in [-0.39, 0.29) is 0 Å². The van der Waals surface area contributed by atoms with E-state index in [1.165, 1.54) is 6.92 Å². The lowest BCUT2D eigenvalue weighted by Gasteiger charge is -2.10. The molecule has 0 aromatic rings. The lowest BCUT2D eigenvalue weighted by Crippen LogP contribution is -2.38. The van der Waals surface area contributed by atoms with Crippen molar-refractivity contribution in [2.24, 2.45) is 0 Å². The summed E-state index contributed by atoms with van der Waals surface area (Å²) in [4.78, 5) is 11.3. The number of carbonyl (C=O) groups is 1. The minimum atomic E-state index is -3.31. The number of sulfone groups is 1. The van der Waals surface area contributed by atoms with Crippen molar-refractivity contribution in [3.05, 3.63) is 0 Å². The van der Waals surface area contributed by atoms with Crippen LogP contribution >= 0.6 is 11.6 Å². The van der Waals surface area contributed by atoms with Crippen molar-refractivity contribution < 1.29 is 17.9 Å². The number of carbonyl (C=O) groups excluding carboxylic acids is 1. The van der Waals surface area contributed by atoms with Crippen molar-refractivity contribution in [1.29, 1.82) is 0 Å². The highest BCUT2D eigenvalue weighted by Gasteiger charge is 2.22. The molecule has 1 unspecified atom stereocenters. The molecule has 0 saturated carbocycles. The maximum absolute atomic E-state index is 11.3. The smallest absolute Gasteiger partial charge is 0.238 e. The fourth-order valence-electron chi connectivity index (χ4n) is 0.881. The number of nitrogens with one attached hydrogen (secondary N) is 1. The third-order valence-electron chi connectivity index (χ3n) is 2.00. The van der Waals surface area contributed by atoms with Crippen LogP contribution in [-0.4, -0.2) is 51.5 Å². The topological polar surface area (TPSA) is 72.5 Å². The molecule has 0 aromatic carbocycles. The van der Waals surface area contributed by atoms with Crippen molar-refractivity contribution >= 4 is 27.3 Å². The van der Waals surface area contributed by atoms with Crippen molar-refractivity contribution in [2.45, 2.75) is 18.6 Å². The van der Waals surface area contributed by atoms with Crippen LogP contribution in [0.25, 0.3) is 0 Å². The first-order valence-electron chi connectivity index (χ1n) is 5.00. The second-order valence-electron chi connectivity index (χ2n) is 3.42. The summed E-state index contributed by atoms with van der Waals surface area (Å²) in [5.74, 6) is -0.0304. The van der Waals surface area contributed by atoms with Crippen LogP contribution < -0.4 is 5.32 Å². The lowest BCUT2D eigenvalue weighted by molar-refractivity contribution is -0.120. The van der Waals surface area contributed by atoms with Gasteiger partial charge in [0, 0.05) is 25.3 Å². The van der Waals surface area contributed by atoms with Crippen LogP contribution in [0.5, 0.6) is 0 Å². The molecule has 7 heteroatoms. The van der Waals surface area contributed by atoms with Crippen LogP contribution in [0.15, 0.2) is 0 Å². The minimum absolute atomic E-state index is 0.404. The summed E-state index contributed by atoms with van der Waals surface area (Å²) >= 11 is 5.40. The van der Waals surface area contributed by atoms with Gasteiger partial charge in [0.2, 0.25) is 5.91 Å². The van der Waals surface area contributed by atoms with Crippen LogP contribution in [0.3, 0.4) is 0 Å². The first-order chi connectivity index (χ1) is 7.39. The molecule has 0 bridgehead atoms. The first-order valence-corrected chi connectivity index (χ1v) is 7.48. The van der Waals surface area contributed by atoms with Crippen molar-refractivity contribution in [3.8, 4) is 0 Å². The molecule has 0 spiro atoms. The summed E-state index contributed by atoms with van der Waals surface area (Å²) < 4.78 is 27.2. The Morgan fingerprint density at radius 2 is 2.06 bits per heavy atom. The molecule has 0 saturated heterocycles. The fraction of sp³-hybridized carbons (Fsp3) is 0.889. The van der Waals surface area contributed by atoms with E-state index in [4.69, 9.17) is 16.3 Å². The van der Waals surface area contributed by atoms with E-state index in [1.54, 1.807) is 0 Å². The molecule has 0 fully saturated rings. The predicted octanol–water partition coefficient (Wildman–Crippen LogP) is 0.181. The van der Waals surface area contributed by atoms with Crippen LogP contribution in [-0.2, 0) is 19.4 Å².